The van der Waals surface area contributed by atoms with Gasteiger partial charge in [0.2, 0.25) is 10.0 Å². The van der Waals surface area contributed by atoms with Crippen molar-refractivity contribution >= 4 is 15.9 Å². The number of sulfonamides is 1. The second kappa shape index (κ2) is 9.33. The number of piperidine rings is 1. The molecule has 3 rings (SSSR count). The Bertz CT molecular complexity index is 971. The summed E-state index contributed by atoms with van der Waals surface area (Å²) >= 11 is 0. The van der Waals surface area contributed by atoms with Crippen LogP contribution in [0, 0.1) is 5.82 Å². The molecule has 0 saturated carbocycles. The maximum Gasteiger partial charge on any atom is 0.254 e. The van der Waals surface area contributed by atoms with Gasteiger partial charge >= 0.3 is 0 Å². The minimum Gasteiger partial charge on any atom is -0.331 e. The van der Waals surface area contributed by atoms with Gasteiger partial charge in [-0.2, -0.15) is 4.31 Å². The van der Waals surface area contributed by atoms with Crippen LogP contribution in [0.4, 0.5) is 4.39 Å². The number of halogens is 1. The second-order valence-electron chi connectivity index (χ2n) is 7.07. The van der Waals surface area contributed by atoms with Crippen LogP contribution in [-0.4, -0.2) is 43.2 Å². The first-order valence-electron chi connectivity index (χ1n) is 9.67. The lowest BCUT2D eigenvalue weighted by atomic mass is 10.1. The molecule has 1 aliphatic heterocycles. The van der Waals surface area contributed by atoms with Crippen LogP contribution in [0.15, 0.2) is 66.1 Å². The van der Waals surface area contributed by atoms with Gasteiger partial charge in [0.05, 0.1) is 0 Å². The van der Waals surface area contributed by atoms with Crippen molar-refractivity contribution in [3.8, 4) is 0 Å². The van der Waals surface area contributed by atoms with Crippen LogP contribution in [0.1, 0.15) is 35.2 Å². The molecule has 1 saturated heterocycles. The summed E-state index contributed by atoms with van der Waals surface area (Å²) in [6.07, 6.45) is 4.08. The normalized spacial score (nSPS) is 15.1. The highest BCUT2D eigenvalue weighted by atomic mass is 32.2. The van der Waals surface area contributed by atoms with Gasteiger partial charge in [-0.05, 0) is 36.6 Å². The zero-order valence-electron chi connectivity index (χ0n) is 16.3. The Labute approximate surface area is 171 Å². The van der Waals surface area contributed by atoms with Crippen molar-refractivity contribution in [2.24, 2.45) is 0 Å². The van der Waals surface area contributed by atoms with Gasteiger partial charge in [-0.15, -0.1) is 6.58 Å². The molecule has 0 radical (unpaired) electrons. The molecule has 0 bridgehead atoms. The third-order valence-electron chi connectivity index (χ3n) is 4.96. The molecule has 2 aromatic rings. The molecule has 0 spiro atoms. The smallest absolute Gasteiger partial charge is 0.254 e. The van der Waals surface area contributed by atoms with E-state index in [0.29, 0.717) is 26.2 Å². The van der Waals surface area contributed by atoms with E-state index in [0.717, 1.165) is 37.0 Å². The highest BCUT2D eigenvalue weighted by Gasteiger charge is 2.30. The molecule has 1 fully saturated rings. The fraction of sp³-hybridized carbons (Fsp3) is 0.318. The number of carbonyl (C=O) groups is 1. The molecule has 0 atom stereocenters. The Morgan fingerprint density at radius 1 is 1.10 bits per heavy atom. The van der Waals surface area contributed by atoms with Gasteiger partial charge in [0.1, 0.15) is 10.7 Å². The molecule has 154 valence electrons. The highest BCUT2D eigenvalue weighted by Crippen LogP contribution is 2.24. The van der Waals surface area contributed by atoms with E-state index in [1.54, 1.807) is 11.0 Å². The quantitative estimate of drug-likeness (QED) is 0.645. The Balaban J connectivity index is 1.90. The Kier molecular flexibility index (Phi) is 6.82. The molecule has 5 nitrogen and oxygen atoms in total. The summed E-state index contributed by atoms with van der Waals surface area (Å²) < 4.78 is 41.6. The highest BCUT2D eigenvalue weighted by molar-refractivity contribution is 7.89. The van der Waals surface area contributed by atoms with E-state index in [1.165, 1.54) is 10.4 Å². The fourth-order valence-electron chi connectivity index (χ4n) is 3.44. The first-order valence-corrected chi connectivity index (χ1v) is 11.1. The summed E-state index contributed by atoms with van der Waals surface area (Å²) in [6.45, 7) is 5.07. The monoisotopic (exact) mass is 416 g/mol. The predicted molar refractivity (Wildman–Crippen MR) is 110 cm³/mol. The minimum atomic E-state index is -3.98. The van der Waals surface area contributed by atoms with Crippen molar-refractivity contribution in [2.45, 2.75) is 30.7 Å². The Morgan fingerprint density at radius 2 is 1.79 bits per heavy atom. The van der Waals surface area contributed by atoms with Crippen LogP contribution in [0.2, 0.25) is 0 Å². The third-order valence-corrected chi connectivity index (χ3v) is 6.88. The van der Waals surface area contributed by atoms with Crippen molar-refractivity contribution in [3.05, 3.63) is 78.1 Å². The molecular weight excluding hydrogens is 391 g/mol. The molecule has 0 aliphatic carbocycles. The van der Waals surface area contributed by atoms with Crippen LogP contribution < -0.4 is 0 Å². The summed E-state index contributed by atoms with van der Waals surface area (Å²) in [5.41, 5.74) is 1.07. The average Bonchev–Trinajstić information content (AvgIpc) is 2.74. The van der Waals surface area contributed by atoms with Crippen molar-refractivity contribution in [1.29, 1.82) is 0 Å². The van der Waals surface area contributed by atoms with Crippen LogP contribution in [-0.2, 0) is 16.6 Å². The first-order chi connectivity index (χ1) is 13.9. The molecular formula is C22H25FN2O3S. The van der Waals surface area contributed by atoms with Gasteiger partial charge in [0, 0.05) is 31.7 Å². The van der Waals surface area contributed by atoms with Gasteiger partial charge in [-0.1, -0.05) is 42.8 Å². The number of benzene rings is 2. The van der Waals surface area contributed by atoms with Gasteiger partial charge < -0.3 is 4.90 Å². The summed E-state index contributed by atoms with van der Waals surface area (Å²) in [5.74, 6) is -1.21. The van der Waals surface area contributed by atoms with Crippen molar-refractivity contribution in [3.63, 3.8) is 0 Å². The SMILES string of the molecule is C=CCN(Cc1ccccc1)C(=O)c1ccc(F)c(S(=O)(=O)N2CCCCC2)c1. The van der Waals surface area contributed by atoms with Crippen LogP contribution in [0.3, 0.4) is 0 Å². The largest absolute Gasteiger partial charge is 0.331 e. The summed E-state index contributed by atoms with van der Waals surface area (Å²) in [5, 5.41) is 0. The van der Waals surface area contributed by atoms with E-state index >= 15 is 0 Å². The van der Waals surface area contributed by atoms with Gasteiger partial charge in [0.15, 0.2) is 0 Å². The van der Waals surface area contributed by atoms with Crippen molar-refractivity contribution < 1.29 is 17.6 Å². The van der Waals surface area contributed by atoms with E-state index in [9.17, 15) is 17.6 Å². The maximum absolute atomic E-state index is 14.4. The lowest BCUT2D eigenvalue weighted by molar-refractivity contribution is 0.0762. The van der Waals surface area contributed by atoms with E-state index in [1.807, 2.05) is 30.3 Å². The van der Waals surface area contributed by atoms with E-state index < -0.39 is 20.7 Å². The lowest BCUT2D eigenvalue weighted by Gasteiger charge is -2.26. The second-order valence-corrected chi connectivity index (χ2v) is 8.98. The lowest BCUT2D eigenvalue weighted by Crippen LogP contribution is -2.36. The fourth-order valence-corrected chi connectivity index (χ4v) is 5.05. The van der Waals surface area contributed by atoms with E-state index in [-0.39, 0.29) is 11.5 Å². The average molecular weight is 417 g/mol. The van der Waals surface area contributed by atoms with Gasteiger partial charge in [0.25, 0.3) is 5.91 Å². The molecule has 1 heterocycles. The molecule has 29 heavy (non-hydrogen) atoms. The number of hydrogen-bond acceptors (Lipinski definition) is 3. The van der Waals surface area contributed by atoms with Crippen LogP contribution in [0.25, 0.3) is 0 Å². The molecule has 0 aromatic heterocycles. The van der Waals surface area contributed by atoms with Gasteiger partial charge in [-0.25, -0.2) is 12.8 Å². The number of carbonyl (C=O) groups excluding carboxylic acids is 1. The summed E-state index contributed by atoms with van der Waals surface area (Å²) in [4.78, 5) is 14.2. The maximum atomic E-state index is 14.4. The molecule has 1 aliphatic rings. The number of hydrogen-bond donors (Lipinski definition) is 0. The minimum absolute atomic E-state index is 0.139. The van der Waals surface area contributed by atoms with Crippen molar-refractivity contribution in [2.75, 3.05) is 19.6 Å². The van der Waals surface area contributed by atoms with E-state index in [2.05, 4.69) is 6.58 Å². The molecule has 7 heteroatoms. The summed E-state index contributed by atoms with van der Waals surface area (Å²) in [6, 6.07) is 13.0. The Morgan fingerprint density at radius 3 is 2.45 bits per heavy atom. The van der Waals surface area contributed by atoms with Gasteiger partial charge in [-0.3, -0.25) is 4.79 Å². The predicted octanol–water partition coefficient (Wildman–Crippen LogP) is 3.83. The van der Waals surface area contributed by atoms with Crippen molar-refractivity contribution in [1.82, 2.24) is 9.21 Å². The molecule has 1 amide bonds. The molecule has 0 N–H and O–H groups in total. The number of nitrogens with zero attached hydrogens (tertiary/aromatic N) is 2. The Hall–Kier alpha value is -2.51. The number of rotatable bonds is 7. The number of amides is 1. The first kappa shape index (κ1) is 21.2. The molecule has 0 unspecified atom stereocenters. The standard InChI is InChI=1S/C22H25FN2O3S/c1-2-13-24(17-18-9-5-3-6-10-18)22(26)19-11-12-20(23)21(16-19)29(27,28)25-14-7-4-8-15-25/h2-3,5-6,9-12,16H,1,4,7-8,13-15,17H2. The van der Waals surface area contributed by atoms with Crippen LogP contribution in [0.5, 0.6) is 0 Å². The molecule has 2 aromatic carbocycles. The van der Waals surface area contributed by atoms with E-state index in [4.69, 9.17) is 0 Å². The zero-order valence-corrected chi connectivity index (χ0v) is 17.1. The summed E-state index contributed by atoms with van der Waals surface area (Å²) in [7, 11) is -3.98. The third kappa shape index (κ3) is 4.92. The zero-order chi connectivity index (χ0) is 20.9. The van der Waals surface area contributed by atoms with Crippen LogP contribution >= 0.6 is 0 Å². The topological polar surface area (TPSA) is 57.7 Å².